The van der Waals surface area contributed by atoms with Crippen LogP contribution in [0.2, 0.25) is 0 Å². The summed E-state index contributed by atoms with van der Waals surface area (Å²) in [6.07, 6.45) is -4.66. The van der Waals surface area contributed by atoms with Crippen LogP contribution in [0.15, 0.2) is 36.4 Å². The zero-order valence-corrected chi connectivity index (χ0v) is 14.7. The SMILES string of the molecule is Cc1ccc(OCC(C)(O)CNc2ccc(C#N)c(C(F)(F)F)c2)cc1F. The molecule has 2 aromatic carbocycles. The summed E-state index contributed by atoms with van der Waals surface area (Å²) in [6, 6.07) is 8.97. The highest BCUT2D eigenvalue weighted by molar-refractivity contribution is 5.53. The largest absolute Gasteiger partial charge is 0.490 e. The number of aliphatic hydroxyl groups is 1. The fourth-order valence-electron chi connectivity index (χ4n) is 2.23. The third kappa shape index (κ3) is 5.59. The molecule has 0 aliphatic carbocycles. The molecule has 0 heterocycles. The highest BCUT2D eigenvalue weighted by Gasteiger charge is 2.34. The maximum atomic E-state index is 13.5. The summed E-state index contributed by atoms with van der Waals surface area (Å²) in [7, 11) is 0. The van der Waals surface area contributed by atoms with Crippen LogP contribution < -0.4 is 10.1 Å². The highest BCUT2D eigenvalue weighted by Crippen LogP contribution is 2.33. The fourth-order valence-corrected chi connectivity index (χ4v) is 2.23. The van der Waals surface area contributed by atoms with Gasteiger partial charge in [-0.15, -0.1) is 0 Å². The van der Waals surface area contributed by atoms with Crippen LogP contribution in [0.25, 0.3) is 0 Å². The van der Waals surface area contributed by atoms with Gasteiger partial charge in [0.1, 0.15) is 23.8 Å². The second-order valence-corrected chi connectivity index (χ2v) is 6.42. The predicted molar refractivity (Wildman–Crippen MR) is 91.9 cm³/mol. The average Bonchev–Trinajstić information content (AvgIpc) is 2.60. The number of ether oxygens (including phenoxy) is 1. The molecule has 0 radical (unpaired) electrons. The van der Waals surface area contributed by atoms with E-state index >= 15 is 0 Å². The lowest BCUT2D eigenvalue weighted by atomic mass is 10.1. The Morgan fingerprint density at radius 1 is 1.19 bits per heavy atom. The number of benzene rings is 2. The van der Waals surface area contributed by atoms with Gasteiger partial charge in [0.15, 0.2) is 0 Å². The molecule has 0 aromatic heterocycles. The third-order valence-electron chi connectivity index (χ3n) is 3.81. The van der Waals surface area contributed by atoms with Gasteiger partial charge in [-0.1, -0.05) is 6.07 Å². The lowest BCUT2D eigenvalue weighted by Gasteiger charge is -2.25. The van der Waals surface area contributed by atoms with Gasteiger partial charge in [-0.3, -0.25) is 0 Å². The summed E-state index contributed by atoms with van der Waals surface area (Å²) >= 11 is 0. The minimum absolute atomic E-state index is 0.1000. The van der Waals surface area contributed by atoms with Crippen molar-refractivity contribution in [3.8, 4) is 11.8 Å². The number of hydrogen-bond acceptors (Lipinski definition) is 4. The van der Waals surface area contributed by atoms with Gasteiger partial charge in [-0.05, 0) is 43.7 Å². The normalized spacial score (nSPS) is 13.6. The summed E-state index contributed by atoms with van der Waals surface area (Å²) in [5.74, 6) is -0.210. The molecule has 2 rings (SSSR count). The molecule has 0 saturated heterocycles. The Morgan fingerprint density at radius 3 is 2.48 bits per heavy atom. The van der Waals surface area contributed by atoms with E-state index in [1.165, 1.54) is 31.2 Å². The van der Waals surface area contributed by atoms with E-state index in [-0.39, 0.29) is 24.6 Å². The second kappa shape index (κ2) is 7.84. The van der Waals surface area contributed by atoms with Crippen molar-refractivity contribution in [3.05, 3.63) is 58.9 Å². The summed E-state index contributed by atoms with van der Waals surface area (Å²) in [5.41, 5.74) is -2.42. The Labute approximate surface area is 154 Å². The molecule has 0 spiro atoms. The van der Waals surface area contributed by atoms with Crippen LogP contribution in [-0.2, 0) is 6.18 Å². The summed E-state index contributed by atoms with van der Waals surface area (Å²) in [6.45, 7) is 2.71. The Bertz CT molecular complexity index is 858. The molecule has 1 atom stereocenters. The van der Waals surface area contributed by atoms with E-state index in [0.717, 1.165) is 12.1 Å². The Morgan fingerprint density at radius 2 is 1.89 bits per heavy atom. The fraction of sp³-hybridized carbons (Fsp3) is 0.316. The molecule has 0 saturated carbocycles. The zero-order valence-electron chi connectivity index (χ0n) is 14.7. The van der Waals surface area contributed by atoms with Crippen LogP contribution in [0.4, 0.5) is 23.2 Å². The summed E-state index contributed by atoms with van der Waals surface area (Å²) in [5, 5.41) is 21.8. The molecular formula is C19H18F4N2O2. The minimum Gasteiger partial charge on any atom is -0.490 e. The van der Waals surface area contributed by atoms with Gasteiger partial charge in [0, 0.05) is 18.3 Å². The molecule has 0 amide bonds. The third-order valence-corrected chi connectivity index (χ3v) is 3.81. The topological polar surface area (TPSA) is 65.3 Å². The van der Waals surface area contributed by atoms with Crippen molar-refractivity contribution in [2.45, 2.75) is 25.6 Å². The molecule has 4 nitrogen and oxygen atoms in total. The van der Waals surface area contributed by atoms with Crippen molar-refractivity contribution in [1.29, 1.82) is 5.26 Å². The number of alkyl halides is 3. The predicted octanol–water partition coefficient (Wildman–Crippen LogP) is 4.27. The van der Waals surface area contributed by atoms with Gasteiger partial charge in [-0.25, -0.2) is 4.39 Å². The van der Waals surface area contributed by atoms with Gasteiger partial charge >= 0.3 is 6.18 Å². The Balaban J connectivity index is 2.02. The van der Waals surface area contributed by atoms with E-state index in [9.17, 15) is 22.7 Å². The molecule has 0 aliphatic heterocycles. The Kier molecular flexibility index (Phi) is 5.96. The zero-order chi connectivity index (χ0) is 20.2. The van der Waals surface area contributed by atoms with E-state index in [2.05, 4.69) is 5.32 Å². The van der Waals surface area contributed by atoms with E-state index in [4.69, 9.17) is 10.00 Å². The van der Waals surface area contributed by atoms with Crippen LogP contribution >= 0.6 is 0 Å². The monoisotopic (exact) mass is 382 g/mol. The van der Waals surface area contributed by atoms with Crippen LogP contribution in [-0.4, -0.2) is 23.9 Å². The van der Waals surface area contributed by atoms with Crippen molar-refractivity contribution in [3.63, 3.8) is 0 Å². The summed E-state index contributed by atoms with van der Waals surface area (Å²) < 4.78 is 57.8. The molecule has 2 N–H and O–H groups in total. The highest BCUT2D eigenvalue weighted by atomic mass is 19.4. The van der Waals surface area contributed by atoms with Gasteiger partial charge in [-0.2, -0.15) is 18.4 Å². The number of rotatable bonds is 6. The molecule has 27 heavy (non-hydrogen) atoms. The molecular weight excluding hydrogens is 364 g/mol. The molecule has 0 bridgehead atoms. The van der Waals surface area contributed by atoms with Crippen molar-refractivity contribution >= 4 is 5.69 Å². The maximum Gasteiger partial charge on any atom is 0.417 e. The van der Waals surface area contributed by atoms with Gasteiger partial charge < -0.3 is 15.2 Å². The van der Waals surface area contributed by atoms with Gasteiger partial charge in [0.2, 0.25) is 0 Å². The van der Waals surface area contributed by atoms with E-state index in [1.807, 2.05) is 0 Å². The standard InChI is InChI=1S/C19H18F4N2O2/c1-12-3-6-15(8-17(12)20)27-11-18(2,26)10-25-14-5-4-13(9-24)16(7-14)19(21,22)23/h3-8,25-26H,10-11H2,1-2H3. The second-order valence-electron chi connectivity index (χ2n) is 6.42. The minimum atomic E-state index is -4.66. The first-order valence-corrected chi connectivity index (χ1v) is 7.98. The first-order valence-electron chi connectivity index (χ1n) is 7.98. The molecule has 1 unspecified atom stereocenters. The average molecular weight is 382 g/mol. The van der Waals surface area contributed by atoms with Crippen molar-refractivity contribution in [2.75, 3.05) is 18.5 Å². The number of hydrogen-bond donors (Lipinski definition) is 2. The smallest absolute Gasteiger partial charge is 0.417 e. The lowest BCUT2D eigenvalue weighted by molar-refractivity contribution is -0.137. The van der Waals surface area contributed by atoms with Crippen LogP contribution in [0, 0.1) is 24.1 Å². The van der Waals surface area contributed by atoms with Gasteiger partial charge in [0.25, 0.3) is 0 Å². The van der Waals surface area contributed by atoms with Crippen LogP contribution in [0.3, 0.4) is 0 Å². The van der Waals surface area contributed by atoms with Crippen LogP contribution in [0.1, 0.15) is 23.6 Å². The van der Waals surface area contributed by atoms with E-state index in [1.54, 1.807) is 13.0 Å². The maximum absolute atomic E-state index is 13.5. The molecule has 0 aliphatic rings. The van der Waals surface area contributed by atoms with Crippen molar-refractivity contribution in [1.82, 2.24) is 0 Å². The number of nitrogens with one attached hydrogen (secondary N) is 1. The van der Waals surface area contributed by atoms with Gasteiger partial charge in [0.05, 0.1) is 17.2 Å². The number of anilines is 1. The molecule has 2 aromatic rings. The summed E-state index contributed by atoms with van der Waals surface area (Å²) in [4.78, 5) is 0. The number of halogens is 4. The van der Waals surface area contributed by atoms with E-state index < -0.39 is 28.7 Å². The Hall–Kier alpha value is -2.79. The number of nitrogens with zero attached hydrogens (tertiary/aromatic N) is 1. The van der Waals surface area contributed by atoms with Crippen molar-refractivity contribution in [2.24, 2.45) is 0 Å². The van der Waals surface area contributed by atoms with Crippen molar-refractivity contribution < 1.29 is 27.4 Å². The molecule has 0 fully saturated rings. The first-order chi connectivity index (χ1) is 12.5. The number of aryl methyl sites for hydroxylation is 1. The lowest BCUT2D eigenvalue weighted by Crippen LogP contribution is -2.39. The van der Waals surface area contributed by atoms with E-state index in [0.29, 0.717) is 5.56 Å². The number of nitriles is 1. The first kappa shape index (κ1) is 20.5. The molecule has 144 valence electrons. The van der Waals surface area contributed by atoms with Crippen LogP contribution in [0.5, 0.6) is 5.75 Å². The molecule has 8 heteroatoms. The quantitative estimate of drug-likeness (QED) is 0.733.